The van der Waals surface area contributed by atoms with Crippen molar-refractivity contribution in [3.63, 3.8) is 0 Å². The number of nitrogens with zero attached hydrogens (tertiary/aromatic N) is 1. The maximum atomic E-state index is 12.2. The minimum atomic E-state index is -0.529. The van der Waals surface area contributed by atoms with Crippen molar-refractivity contribution in [2.24, 2.45) is 4.99 Å². The van der Waals surface area contributed by atoms with Crippen LogP contribution >= 0.6 is 0 Å². The second-order valence-corrected chi connectivity index (χ2v) is 5.91. The number of hydrogen-bond acceptors (Lipinski definition) is 7. The standard InChI is InChI=1S/C21H17NO6/c1-3-8-25-16-6-4-13(10-18(16)24-2)9-15-21(23)28-20(22-15)14-5-7-17-19(11-14)27-12-26-17/h3-7,9-11H,1,8,12H2,2H3/b15-9-. The van der Waals surface area contributed by atoms with Crippen molar-refractivity contribution < 1.29 is 28.5 Å². The van der Waals surface area contributed by atoms with Crippen molar-refractivity contribution in [1.82, 2.24) is 0 Å². The van der Waals surface area contributed by atoms with Gasteiger partial charge in [0, 0.05) is 5.56 Å². The number of ether oxygens (including phenoxy) is 5. The zero-order chi connectivity index (χ0) is 19.5. The molecule has 28 heavy (non-hydrogen) atoms. The first-order valence-corrected chi connectivity index (χ1v) is 8.52. The van der Waals surface area contributed by atoms with Gasteiger partial charge in [-0.1, -0.05) is 18.7 Å². The molecule has 0 bridgehead atoms. The van der Waals surface area contributed by atoms with E-state index in [0.29, 0.717) is 35.2 Å². The SMILES string of the molecule is C=CCOc1ccc(/C=C2\N=C(c3ccc4c(c3)OCO4)OC2=O)cc1OC. The largest absolute Gasteiger partial charge is 0.493 e. The third-order valence-corrected chi connectivity index (χ3v) is 4.09. The first kappa shape index (κ1) is 17.7. The number of methoxy groups -OCH3 is 1. The highest BCUT2D eigenvalue weighted by molar-refractivity contribution is 6.13. The molecule has 0 amide bonds. The van der Waals surface area contributed by atoms with Gasteiger partial charge in [0.15, 0.2) is 28.7 Å². The molecule has 2 aliphatic rings. The molecule has 0 saturated heterocycles. The Hall–Kier alpha value is -3.74. The van der Waals surface area contributed by atoms with Crippen LogP contribution in [0.2, 0.25) is 0 Å². The van der Waals surface area contributed by atoms with Crippen molar-refractivity contribution in [3.8, 4) is 23.0 Å². The van der Waals surface area contributed by atoms with E-state index in [-0.39, 0.29) is 18.4 Å². The lowest BCUT2D eigenvalue weighted by atomic mass is 10.1. The third-order valence-electron chi connectivity index (χ3n) is 4.09. The molecule has 142 valence electrons. The Bertz CT molecular complexity index is 1010. The Morgan fingerprint density at radius 1 is 1.14 bits per heavy atom. The van der Waals surface area contributed by atoms with Crippen LogP contribution in [0.1, 0.15) is 11.1 Å². The molecule has 0 atom stereocenters. The number of benzene rings is 2. The van der Waals surface area contributed by atoms with E-state index < -0.39 is 5.97 Å². The Labute approximate surface area is 161 Å². The van der Waals surface area contributed by atoms with Gasteiger partial charge in [-0.2, -0.15) is 0 Å². The van der Waals surface area contributed by atoms with Crippen LogP contribution in [0, 0.1) is 0 Å². The van der Waals surface area contributed by atoms with Crippen LogP contribution in [0.15, 0.2) is 59.7 Å². The Kier molecular flexibility index (Phi) is 4.72. The van der Waals surface area contributed by atoms with E-state index >= 15 is 0 Å². The van der Waals surface area contributed by atoms with Crippen LogP contribution < -0.4 is 18.9 Å². The van der Waals surface area contributed by atoms with Crippen molar-refractivity contribution in [1.29, 1.82) is 0 Å². The van der Waals surface area contributed by atoms with E-state index in [9.17, 15) is 4.79 Å². The lowest BCUT2D eigenvalue weighted by Gasteiger charge is -2.09. The van der Waals surface area contributed by atoms with Gasteiger partial charge in [0.1, 0.15) is 6.61 Å². The Morgan fingerprint density at radius 2 is 2.00 bits per heavy atom. The van der Waals surface area contributed by atoms with Gasteiger partial charge in [0.25, 0.3) is 0 Å². The van der Waals surface area contributed by atoms with Gasteiger partial charge in [0.2, 0.25) is 12.7 Å². The molecule has 0 unspecified atom stereocenters. The molecule has 0 saturated carbocycles. The molecule has 0 spiro atoms. The van der Waals surface area contributed by atoms with Crippen molar-refractivity contribution >= 4 is 17.9 Å². The van der Waals surface area contributed by atoms with Crippen LogP contribution in [0.3, 0.4) is 0 Å². The first-order valence-electron chi connectivity index (χ1n) is 8.52. The molecular weight excluding hydrogens is 362 g/mol. The summed E-state index contributed by atoms with van der Waals surface area (Å²) in [4.78, 5) is 16.5. The van der Waals surface area contributed by atoms with Crippen molar-refractivity contribution in [2.75, 3.05) is 20.5 Å². The zero-order valence-electron chi connectivity index (χ0n) is 15.1. The van der Waals surface area contributed by atoms with Crippen LogP contribution in [0.4, 0.5) is 0 Å². The third kappa shape index (κ3) is 3.42. The Morgan fingerprint density at radius 3 is 2.82 bits per heavy atom. The fraction of sp³-hybridized carbons (Fsp3) is 0.143. The van der Waals surface area contributed by atoms with Crippen molar-refractivity contribution in [2.45, 2.75) is 0 Å². The highest BCUT2D eigenvalue weighted by atomic mass is 16.7. The summed E-state index contributed by atoms with van der Waals surface area (Å²) in [5.74, 6) is 2.06. The quantitative estimate of drug-likeness (QED) is 0.435. The average Bonchev–Trinajstić information content (AvgIpc) is 3.33. The first-order chi connectivity index (χ1) is 13.7. The maximum absolute atomic E-state index is 12.2. The maximum Gasteiger partial charge on any atom is 0.363 e. The molecule has 2 aromatic rings. The smallest absolute Gasteiger partial charge is 0.363 e. The predicted octanol–water partition coefficient (Wildman–Crippen LogP) is 3.33. The average molecular weight is 379 g/mol. The second-order valence-electron chi connectivity index (χ2n) is 5.91. The van der Waals surface area contributed by atoms with Gasteiger partial charge in [-0.05, 0) is 42.0 Å². The van der Waals surface area contributed by atoms with E-state index in [1.165, 1.54) is 0 Å². The molecule has 2 aliphatic heterocycles. The number of hydrogen-bond donors (Lipinski definition) is 0. The molecule has 0 radical (unpaired) electrons. The van der Waals surface area contributed by atoms with Gasteiger partial charge < -0.3 is 23.7 Å². The lowest BCUT2D eigenvalue weighted by Crippen LogP contribution is -2.05. The summed E-state index contributed by atoms with van der Waals surface area (Å²) >= 11 is 0. The van der Waals surface area contributed by atoms with Crippen LogP contribution in [-0.2, 0) is 9.53 Å². The van der Waals surface area contributed by atoms with E-state index in [4.69, 9.17) is 23.7 Å². The topological polar surface area (TPSA) is 75.6 Å². The zero-order valence-corrected chi connectivity index (χ0v) is 15.1. The van der Waals surface area contributed by atoms with E-state index in [0.717, 1.165) is 5.56 Å². The van der Waals surface area contributed by atoms with Gasteiger partial charge in [-0.15, -0.1) is 0 Å². The van der Waals surface area contributed by atoms with E-state index in [1.807, 2.05) is 0 Å². The summed E-state index contributed by atoms with van der Waals surface area (Å²) in [6, 6.07) is 10.6. The summed E-state index contributed by atoms with van der Waals surface area (Å²) < 4.78 is 26.8. The van der Waals surface area contributed by atoms with E-state index in [2.05, 4.69) is 11.6 Å². The number of carbonyl (C=O) groups is 1. The van der Waals surface area contributed by atoms with E-state index in [1.54, 1.807) is 55.7 Å². The highest BCUT2D eigenvalue weighted by Gasteiger charge is 2.26. The summed E-state index contributed by atoms with van der Waals surface area (Å²) in [5.41, 5.74) is 1.55. The fourth-order valence-electron chi connectivity index (χ4n) is 2.76. The van der Waals surface area contributed by atoms with Crippen LogP contribution in [0.5, 0.6) is 23.0 Å². The van der Waals surface area contributed by atoms with Gasteiger partial charge in [0.05, 0.1) is 7.11 Å². The number of esters is 1. The number of rotatable bonds is 6. The molecule has 0 fully saturated rings. The second kappa shape index (κ2) is 7.48. The van der Waals surface area contributed by atoms with Gasteiger partial charge in [-0.25, -0.2) is 9.79 Å². The van der Waals surface area contributed by atoms with Gasteiger partial charge >= 0.3 is 5.97 Å². The summed E-state index contributed by atoms with van der Waals surface area (Å²) in [6.07, 6.45) is 3.28. The number of cyclic esters (lactones) is 1. The predicted molar refractivity (Wildman–Crippen MR) is 102 cm³/mol. The monoisotopic (exact) mass is 379 g/mol. The molecule has 7 nitrogen and oxygen atoms in total. The molecule has 0 N–H and O–H groups in total. The minimum Gasteiger partial charge on any atom is -0.493 e. The molecule has 2 heterocycles. The number of fused-ring (bicyclic) bond motifs is 1. The highest BCUT2D eigenvalue weighted by Crippen LogP contribution is 2.34. The number of aliphatic imine (C=N–C) groups is 1. The molecule has 2 aromatic carbocycles. The van der Waals surface area contributed by atoms with Crippen LogP contribution in [0.25, 0.3) is 6.08 Å². The van der Waals surface area contributed by atoms with Gasteiger partial charge in [-0.3, -0.25) is 0 Å². The minimum absolute atomic E-state index is 0.171. The summed E-state index contributed by atoms with van der Waals surface area (Å²) in [6.45, 7) is 4.16. The Balaban J connectivity index is 1.61. The molecule has 4 rings (SSSR count). The fourth-order valence-corrected chi connectivity index (χ4v) is 2.76. The van der Waals surface area contributed by atoms with Crippen molar-refractivity contribution in [3.05, 3.63) is 65.9 Å². The molecule has 0 aliphatic carbocycles. The lowest BCUT2D eigenvalue weighted by molar-refractivity contribution is -0.129. The molecule has 0 aromatic heterocycles. The summed E-state index contributed by atoms with van der Waals surface area (Å²) in [7, 11) is 1.55. The number of carbonyl (C=O) groups excluding carboxylic acids is 1. The van der Waals surface area contributed by atoms with Crippen LogP contribution in [-0.4, -0.2) is 32.4 Å². The normalized spacial score (nSPS) is 16.0. The summed E-state index contributed by atoms with van der Waals surface area (Å²) in [5, 5.41) is 0. The molecular formula is C21H17NO6. The molecule has 7 heteroatoms.